The molecule has 1 N–H and O–H groups in total. The lowest BCUT2D eigenvalue weighted by Gasteiger charge is -2.59. The van der Waals surface area contributed by atoms with Crippen molar-refractivity contribution in [3.8, 4) is 11.5 Å². The molecule has 3 atom stereocenters. The van der Waals surface area contributed by atoms with Crippen LogP contribution in [0.25, 0.3) is 6.08 Å². The zero-order chi connectivity index (χ0) is 25.6. The first kappa shape index (κ1) is 26.0. The number of hydrogen-bond donors (Lipinski definition) is 1. The molecular weight excluding hydrogens is 452 g/mol. The molecule has 1 aliphatic heterocycles. The molecule has 0 spiro atoms. The number of rotatable bonds is 9. The van der Waals surface area contributed by atoms with Gasteiger partial charge in [0.2, 0.25) is 5.91 Å². The van der Waals surface area contributed by atoms with Gasteiger partial charge in [-0.3, -0.25) is 9.69 Å². The molecule has 6 nitrogen and oxygen atoms in total. The molecule has 2 fully saturated rings. The predicted molar refractivity (Wildman–Crippen MR) is 143 cm³/mol. The van der Waals surface area contributed by atoms with E-state index in [4.69, 9.17) is 14.2 Å². The molecule has 4 rings (SSSR count). The molecular formula is C30H38N2O4. The summed E-state index contributed by atoms with van der Waals surface area (Å²) in [6.07, 6.45) is 8.87. The molecule has 0 radical (unpaired) electrons. The fraction of sp³-hybridized carbons (Fsp3) is 0.433. The number of ether oxygens (including phenoxy) is 3. The SMILES string of the molecule is C=CCN1CCC2(c3cccc(OC)c3)CC(NC(=O)C=Cc3cccc(OC)c3)CCC2(OC)C1. The van der Waals surface area contributed by atoms with Gasteiger partial charge in [-0.1, -0.05) is 30.3 Å². The van der Waals surface area contributed by atoms with Gasteiger partial charge in [-0.05, 0) is 73.7 Å². The Hall–Kier alpha value is -3.09. The fourth-order valence-corrected chi connectivity index (χ4v) is 6.14. The highest BCUT2D eigenvalue weighted by molar-refractivity contribution is 5.92. The van der Waals surface area contributed by atoms with E-state index in [9.17, 15) is 4.79 Å². The number of fused-ring (bicyclic) bond motifs is 1. The Morgan fingerprint density at radius 2 is 1.86 bits per heavy atom. The number of nitrogens with zero attached hydrogens (tertiary/aromatic N) is 1. The van der Waals surface area contributed by atoms with Crippen molar-refractivity contribution >= 4 is 12.0 Å². The van der Waals surface area contributed by atoms with Crippen LogP contribution in [0.5, 0.6) is 11.5 Å². The van der Waals surface area contributed by atoms with E-state index in [-0.39, 0.29) is 23.0 Å². The Bertz CT molecular complexity index is 1100. The lowest BCUT2D eigenvalue weighted by Crippen LogP contribution is -2.67. The van der Waals surface area contributed by atoms with Crippen LogP contribution in [0.4, 0.5) is 0 Å². The summed E-state index contributed by atoms with van der Waals surface area (Å²) in [5, 5.41) is 3.28. The largest absolute Gasteiger partial charge is 0.497 e. The molecule has 3 unspecified atom stereocenters. The van der Waals surface area contributed by atoms with Gasteiger partial charge in [0.15, 0.2) is 0 Å². The summed E-state index contributed by atoms with van der Waals surface area (Å²) in [6.45, 7) is 6.57. The summed E-state index contributed by atoms with van der Waals surface area (Å²) < 4.78 is 17.3. The maximum atomic E-state index is 12.9. The maximum absolute atomic E-state index is 12.9. The van der Waals surface area contributed by atoms with Crippen molar-refractivity contribution in [2.24, 2.45) is 0 Å². The second-order valence-corrected chi connectivity index (χ2v) is 9.84. The van der Waals surface area contributed by atoms with Crippen LogP contribution in [0.2, 0.25) is 0 Å². The summed E-state index contributed by atoms with van der Waals surface area (Å²) in [7, 11) is 5.17. The Labute approximate surface area is 214 Å². The number of piperidine rings is 1. The van der Waals surface area contributed by atoms with Gasteiger partial charge in [0.1, 0.15) is 11.5 Å². The van der Waals surface area contributed by atoms with Gasteiger partial charge in [-0.15, -0.1) is 6.58 Å². The molecule has 36 heavy (non-hydrogen) atoms. The van der Waals surface area contributed by atoms with Crippen molar-refractivity contribution in [1.82, 2.24) is 10.2 Å². The van der Waals surface area contributed by atoms with Crippen LogP contribution in [0.15, 0.2) is 67.3 Å². The van der Waals surface area contributed by atoms with Crippen LogP contribution >= 0.6 is 0 Å². The van der Waals surface area contributed by atoms with Crippen LogP contribution in [0.3, 0.4) is 0 Å². The third-order valence-corrected chi connectivity index (χ3v) is 7.97. The Balaban J connectivity index is 1.58. The summed E-state index contributed by atoms with van der Waals surface area (Å²) in [6, 6.07) is 16.1. The monoisotopic (exact) mass is 490 g/mol. The summed E-state index contributed by atoms with van der Waals surface area (Å²) in [5.41, 5.74) is 1.56. The molecule has 6 heteroatoms. The first-order valence-electron chi connectivity index (χ1n) is 12.6. The molecule has 0 bridgehead atoms. The molecule has 1 saturated heterocycles. The number of methoxy groups -OCH3 is 3. The number of nitrogens with one attached hydrogen (secondary N) is 1. The van der Waals surface area contributed by atoms with Crippen molar-refractivity contribution in [3.63, 3.8) is 0 Å². The van der Waals surface area contributed by atoms with Gasteiger partial charge >= 0.3 is 0 Å². The minimum Gasteiger partial charge on any atom is -0.497 e. The van der Waals surface area contributed by atoms with E-state index in [0.29, 0.717) is 0 Å². The smallest absolute Gasteiger partial charge is 0.244 e. The van der Waals surface area contributed by atoms with Crippen molar-refractivity contribution in [1.29, 1.82) is 0 Å². The lowest BCUT2D eigenvalue weighted by molar-refractivity contribution is -0.148. The van der Waals surface area contributed by atoms with Crippen LogP contribution in [0, 0.1) is 0 Å². The Morgan fingerprint density at radius 3 is 2.58 bits per heavy atom. The molecule has 1 amide bonds. The molecule has 1 heterocycles. The number of likely N-dealkylation sites (tertiary alicyclic amines) is 1. The molecule has 2 aromatic carbocycles. The van der Waals surface area contributed by atoms with Crippen LogP contribution < -0.4 is 14.8 Å². The minimum atomic E-state index is -0.349. The summed E-state index contributed by atoms with van der Waals surface area (Å²) >= 11 is 0. The Kier molecular flexibility index (Phi) is 8.17. The van der Waals surface area contributed by atoms with E-state index < -0.39 is 0 Å². The minimum absolute atomic E-state index is 0.0490. The average Bonchev–Trinajstić information content (AvgIpc) is 2.92. The van der Waals surface area contributed by atoms with Crippen LogP contribution in [-0.2, 0) is 14.9 Å². The molecule has 192 valence electrons. The number of amides is 1. The molecule has 0 aromatic heterocycles. The highest BCUT2D eigenvalue weighted by atomic mass is 16.5. The van der Waals surface area contributed by atoms with E-state index in [1.54, 1.807) is 20.3 Å². The first-order chi connectivity index (χ1) is 17.5. The number of hydrogen-bond acceptors (Lipinski definition) is 5. The maximum Gasteiger partial charge on any atom is 0.244 e. The zero-order valence-electron chi connectivity index (χ0n) is 21.7. The Morgan fingerprint density at radius 1 is 1.11 bits per heavy atom. The van der Waals surface area contributed by atoms with Crippen molar-refractivity contribution in [3.05, 3.63) is 78.4 Å². The van der Waals surface area contributed by atoms with Crippen molar-refractivity contribution in [2.45, 2.75) is 42.7 Å². The third kappa shape index (κ3) is 5.20. The van der Waals surface area contributed by atoms with Crippen molar-refractivity contribution in [2.75, 3.05) is 41.0 Å². The fourth-order valence-electron chi connectivity index (χ4n) is 6.14. The van der Waals surface area contributed by atoms with Crippen LogP contribution in [-0.4, -0.2) is 63.4 Å². The second-order valence-electron chi connectivity index (χ2n) is 9.84. The average molecular weight is 491 g/mol. The standard InChI is InChI=1S/C30H38N2O4/c1-5-17-32-18-16-29(24-9-7-11-27(20-24)35-3)21-25(14-15-30(29,22-32)36-4)31-28(33)13-12-23-8-6-10-26(19-23)34-2/h5-13,19-20,25H,1,14-18,21-22H2,2-4H3,(H,31,33). The predicted octanol–water partition coefficient (Wildman–Crippen LogP) is 4.60. The lowest BCUT2D eigenvalue weighted by atomic mass is 9.55. The van der Waals surface area contributed by atoms with Gasteiger partial charge in [0, 0.05) is 37.7 Å². The number of carbonyl (C=O) groups is 1. The van der Waals surface area contributed by atoms with Crippen molar-refractivity contribution < 1.29 is 19.0 Å². The molecule has 2 aliphatic rings. The van der Waals surface area contributed by atoms with Gasteiger partial charge in [0.05, 0.1) is 19.8 Å². The van der Waals surface area contributed by atoms with Crippen LogP contribution in [0.1, 0.15) is 36.8 Å². The highest BCUT2D eigenvalue weighted by Gasteiger charge is 2.58. The highest BCUT2D eigenvalue weighted by Crippen LogP contribution is 2.53. The van der Waals surface area contributed by atoms with E-state index in [2.05, 4.69) is 35.0 Å². The zero-order valence-corrected chi connectivity index (χ0v) is 21.7. The third-order valence-electron chi connectivity index (χ3n) is 7.97. The molecule has 1 aliphatic carbocycles. The second kappa shape index (κ2) is 11.3. The first-order valence-corrected chi connectivity index (χ1v) is 12.6. The van der Waals surface area contributed by atoms with Gasteiger partial charge in [-0.25, -0.2) is 0 Å². The molecule has 2 aromatic rings. The topological polar surface area (TPSA) is 60.0 Å². The normalized spacial score (nSPS) is 26.2. The quantitative estimate of drug-likeness (QED) is 0.411. The van der Waals surface area contributed by atoms with Gasteiger partial charge in [-0.2, -0.15) is 0 Å². The van der Waals surface area contributed by atoms with Gasteiger partial charge in [0.25, 0.3) is 0 Å². The van der Waals surface area contributed by atoms with Gasteiger partial charge < -0.3 is 19.5 Å². The molecule has 1 saturated carbocycles. The number of carbonyl (C=O) groups excluding carboxylic acids is 1. The number of benzene rings is 2. The van der Waals surface area contributed by atoms with E-state index >= 15 is 0 Å². The van der Waals surface area contributed by atoms with E-state index in [0.717, 1.165) is 62.4 Å². The van der Waals surface area contributed by atoms with E-state index in [1.165, 1.54) is 5.56 Å². The summed E-state index contributed by atoms with van der Waals surface area (Å²) in [4.78, 5) is 15.3. The van der Waals surface area contributed by atoms with E-state index in [1.807, 2.05) is 49.6 Å². The summed E-state index contributed by atoms with van der Waals surface area (Å²) in [5.74, 6) is 1.52.